The Labute approximate surface area is 85.1 Å². The molecule has 2 atom stereocenters. The zero-order valence-corrected chi connectivity index (χ0v) is 8.78. The van der Waals surface area contributed by atoms with Crippen molar-refractivity contribution in [2.45, 2.75) is 32.3 Å². The first-order chi connectivity index (χ1) is 6.65. The predicted molar refractivity (Wildman–Crippen MR) is 54.7 cm³/mol. The van der Waals surface area contributed by atoms with Crippen molar-refractivity contribution in [3.63, 3.8) is 0 Å². The Kier molecular flexibility index (Phi) is 4.35. The van der Waals surface area contributed by atoms with E-state index in [1.165, 1.54) is 0 Å². The van der Waals surface area contributed by atoms with E-state index in [1.54, 1.807) is 6.92 Å². The number of hydrogen-bond acceptors (Lipinski definition) is 3. The largest absolute Gasteiger partial charge is 0.392 e. The van der Waals surface area contributed by atoms with Gasteiger partial charge in [-0.2, -0.15) is 0 Å². The van der Waals surface area contributed by atoms with E-state index in [9.17, 15) is 9.90 Å². The highest BCUT2D eigenvalue weighted by molar-refractivity contribution is 5.73. The molecule has 0 bridgehead atoms. The second kappa shape index (κ2) is 5.32. The van der Waals surface area contributed by atoms with Gasteiger partial charge in [0, 0.05) is 26.6 Å². The first kappa shape index (κ1) is 11.5. The van der Waals surface area contributed by atoms with Gasteiger partial charge in [-0.25, -0.2) is 0 Å². The molecule has 4 heteroatoms. The summed E-state index contributed by atoms with van der Waals surface area (Å²) in [5.41, 5.74) is 5.42. The Morgan fingerprint density at radius 3 is 2.86 bits per heavy atom. The van der Waals surface area contributed by atoms with Crippen LogP contribution in [0.5, 0.6) is 0 Å². The van der Waals surface area contributed by atoms with Gasteiger partial charge in [-0.05, 0) is 25.2 Å². The first-order valence-electron chi connectivity index (χ1n) is 5.28. The van der Waals surface area contributed by atoms with Crippen molar-refractivity contribution < 1.29 is 9.90 Å². The Morgan fingerprint density at radius 2 is 2.29 bits per heavy atom. The lowest BCUT2D eigenvalue weighted by Crippen LogP contribution is -2.32. The van der Waals surface area contributed by atoms with Crippen LogP contribution in [0.4, 0.5) is 0 Å². The summed E-state index contributed by atoms with van der Waals surface area (Å²) in [7, 11) is 0. The molecule has 1 saturated heterocycles. The lowest BCUT2D eigenvalue weighted by molar-refractivity contribution is -0.128. The Balaban J connectivity index is 2.44. The van der Waals surface area contributed by atoms with Crippen LogP contribution in [0.2, 0.25) is 0 Å². The average Bonchev–Trinajstić information content (AvgIpc) is 2.41. The number of nitrogens with two attached hydrogens (primary N) is 1. The molecule has 1 amide bonds. The third-order valence-electron chi connectivity index (χ3n) is 3.00. The quantitative estimate of drug-likeness (QED) is 0.657. The third kappa shape index (κ3) is 2.96. The molecule has 4 nitrogen and oxygen atoms in total. The lowest BCUT2D eigenvalue weighted by Gasteiger charge is -2.20. The molecule has 1 fully saturated rings. The highest BCUT2D eigenvalue weighted by Crippen LogP contribution is 2.20. The topological polar surface area (TPSA) is 66.6 Å². The van der Waals surface area contributed by atoms with Gasteiger partial charge < -0.3 is 15.7 Å². The van der Waals surface area contributed by atoms with Crippen molar-refractivity contribution in [1.29, 1.82) is 0 Å². The number of rotatable bonds is 2. The molecule has 1 aliphatic heterocycles. The number of carbonyl (C=O) groups is 1. The van der Waals surface area contributed by atoms with Gasteiger partial charge >= 0.3 is 0 Å². The monoisotopic (exact) mass is 200 g/mol. The number of amides is 1. The smallest absolute Gasteiger partial charge is 0.219 e. The summed E-state index contributed by atoms with van der Waals surface area (Å²) < 4.78 is 0. The number of aliphatic hydroxyl groups excluding tert-OH is 1. The second-order valence-corrected chi connectivity index (χ2v) is 4.00. The minimum atomic E-state index is -0.401. The molecule has 0 aromatic carbocycles. The Bertz CT molecular complexity index is 197. The maximum atomic E-state index is 11.1. The standard InChI is InChI=1S/C10H20N2O2/c1-8(13)12-5-2-3-9(4-6-12)10(14)7-11/h9-10,14H,2-7,11H2,1H3. The minimum Gasteiger partial charge on any atom is -0.392 e. The van der Waals surface area contributed by atoms with Crippen LogP contribution >= 0.6 is 0 Å². The summed E-state index contributed by atoms with van der Waals surface area (Å²) in [6.45, 7) is 3.50. The molecule has 0 radical (unpaired) electrons. The normalized spacial score (nSPS) is 25.6. The molecule has 82 valence electrons. The molecule has 0 saturated carbocycles. The zero-order valence-electron chi connectivity index (χ0n) is 8.78. The van der Waals surface area contributed by atoms with Crippen LogP contribution in [0.15, 0.2) is 0 Å². The number of hydrogen-bond donors (Lipinski definition) is 2. The van der Waals surface area contributed by atoms with E-state index in [1.807, 2.05) is 4.90 Å². The molecule has 0 aromatic heterocycles. The molecule has 1 heterocycles. The summed E-state index contributed by atoms with van der Waals surface area (Å²) in [5.74, 6) is 0.400. The van der Waals surface area contributed by atoms with Gasteiger partial charge in [0.05, 0.1) is 6.10 Å². The third-order valence-corrected chi connectivity index (χ3v) is 3.00. The van der Waals surface area contributed by atoms with Crippen molar-refractivity contribution in [3.8, 4) is 0 Å². The van der Waals surface area contributed by atoms with Crippen LogP contribution in [0.3, 0.4) is 0 Å². The molecule has 3 N–H and O–H groups in total. The van der Waals surface area contributed by atoms with E-state index in [0.717, 1.165) is 32.4 Å². The van der Waals surface area contributed by atoms with E-state index in [2.05, 4.69) is 0 Å². The molecule has 0 aromatic rings. The van der Waals surface area contributed by atoms with Crippen LogP contribution in [-0.4, -0.2) is 41.7 Å². The minimum absolute atomic E-state index is 0.132. The van der Waals surface area contributed by atoms with Gasteiger partial charge in [0.2, 0.25) is 5.91 Å². The van der Waals surface area contributed by atoms with Crippen LogP contribution < -0.4 is 5.73 Å². The molecule has 0 aliphatic carbocycles. The van der Waals surface area contributed by atoms with Crippen LogP contribution in [0, 0.1) is 5.92 Å². The molecular formula is C10H20N2O2. The molecule has 1 aliphatic rings. The molecule has 0 spiro atoms. The summed E-state index contributed by atoms with van der Waals surface area (Å²) in [6.07, 6.45) is 2.42. The fourth-order valence-corrected chi connectivity index (χ4v) is 2.01. The number of carbonyl (C=O) groups excluding carboxylic acids is 1. The average molecular weight is 200 g/mol. The lowest BCUT2D eigenvalue weighted by atomic mass is 9.94. The maximum Gasteiger partial charge on any atom is 0.219 e. The van der Waals surface area contributed by atoms with Crippen molar-refractivity contribution in [2.24, 2.45) is 11.7 Å². The highest BCUT2D eigenvalue weighted by atomic mass is 16.3. The zero-order chi connectivity index (χ0) is 10.6. The van der Waals surface area contributed by atoms with Gasteiger partial charge in [0.1, 0.15) is 0 Å². The SMILES string of the molecule is CC(=O)N1CCCC(C(O)CN)CC1. The van der Waals surface area contributed by atoms with Crippen molar-refractivity contribution in [1.82, 2.24) is 4.90 Å². The second-order valence-electron chi connectivity index (χ2n) is 4.00. The Morgan fingerprint density at radius 1 is 1.57 bits per heavy atom. The summed E-state index contributed by atoms with van der Waals surface area (Å²) in [4.78, 5) is 13.0. The van der Waals surface area contributed by atoms with Crippen LogP contribution in [-0.2, 0) is 4.79 Å². The fourth-order valence-electron chi connectivity index (χ4n) is 2.01. The summed E-state index contributed by atoms with van der Waals surface area (Å²) in [5, 5.41) is 9.60. The van der Waals surface area contributed by atoms with Gasteiger partial charge in [0.25, 0.3) is 0 Å². The van der Waals surface area contributed by atoms with Crippen molar-refractivity contribution in [3.05, 3.63) is 0 Å². The number of aliphatic hydroxyl groups is 1. The Hall–Kier alpha value is -0.610. The van der Waals surface area contributed by atoms with E-state index < -0.39 is 6.10 Å². The first-order valence-corrected chi connectivity index (χ1v) is 5.28. The van der Waals surface area contributed by atoms with Gasteiger partial charge in [0.15, 0.2) is 0 Å². The van der Waals surface area contributed by atoms with E-state index in [-0.39, 0.29) is 11.8 Å². The molecule has 14 heavy (non-hydrogen) atoms. The molecule has 1 rings (SSSR count). The van der Waals surface area contributed by atoms with Gasteiger partial charge in [-0.1, -0.05) is 0 Å². The van der Waals surface area contributed by atoms with Crippen LogP contribution in [0.25, 0.3) is 0 Å². The van der Waals surface area contributed by atoms with E-state index in [0.29, 0.717) is 6.54 Å². The highest BCUT2D eigenvalue weighted by Gasteiger charge is 2.22. The van der Waals surface area contributed by atoms with E-state index >= 15 is 0 Å². The predicted octanol–water partition coefficient (Wildman–Crippen LogP) is -0.0454. The molecule has 2 unspecified atom stereocenters. The number of likely N-dealkylation sites (tertiary alicyclic amines) is 1. The summed E-state index contributed by atoms with van der Waals surface area (Å²) in [6, 6.07) is 0. The molecular weight excluding hydrogens is 180 g/mol. The number of nitrogens with zero attached hydrogens (tertiary/aromatic N) is 1. The van der Waals surface area contributed by atoms with Crippen LogP contribution in [0.1, 0.15) is 26.2 Å². The summed E-state index contributed by atoms with van der Waals surface area (Å²) >= 11 is 0. The van der Waals surface area contributed by atoms with Crippen molar-refractivity contribution in [2.75, 3.05) is 19.6 Å². The fraction of sp³-hybridized carbons (Fsp3) is 0.900. The van der Waals surface area contributed by atoms with Gasteiger partial charge in [-0.3, -0.25) is 4.79 Å². The van der Waals surface area contributed by atoms with Crippen molar-refractivity contribution >= 4 is 5.91 Å². The van der Waals surface area contributed by atoms with Gasteiger partial charge in [-0.15, -0.1) is 0 Å². The van der Waals surface area contributed by atoms with E-state index in [4.69, 9.17) is 5.73 Å². The maximum absolute atomic E-state index is 11.1.